The molecule has 1 saturated heterocycles. The van der Waals surface area contributed by atoms with Crippen LogP contribution in [0.1, 0.15) is 52.0 Å². The Morgan fingerprint density at radius 2 is 1.90 bits per heavy atom. The second-order valence-corrected chi connectivity index (χ2v) is 9.08. The van der Waals surface area contributed by atoms with Crippen molar-refractivity contribution in [2.75, 3.05) is 6.54 Å². The maximum atomic E-state index is 10.4. The molecule has 1 fully saturated rings. The molecule has 7 nitrogen and oxygen atoms in total. The van der Waals surface area contributed by atoms with E-state index in [0.29, 0.717) is 23.7 Å². The van der Waals surface area contributed by atoms with Gasteiger partial charge in [-0.15, -0.1) is 10.2 Å². The number of phenols is 1. The van der Waals surface area contributed by atoms with Crippen molar-refractivity contribution < 1.29 is 9.84 Å². The summed E-state index contributed by atoms with van der Waals surface area (Å²) in [6, 6.07) is 8.84. The number of hydrogen-bond acceptors (Lipinski definition) is 7. The Bertz CT molecular complexity index is 848. The molecule has 0 bridgehead atoms. The van der Waals surface area contributed by atoms with Gasteiger partial charge in [-0.2, -0.15) is 0 Å². The predicted molar refractivity (Wildman–Crippen MR) is 115 cm³/mol. The zero-order valence-electron chi connectivity index (χ0n) is 17.6. The molecule has 0 spiro atoms. The van der Waals surface area contributed by atoms with E-state index in [4.69, 9.17) is 15.9 Å². The zero-order valence-corrected chi connectivity index (χ0v) is 17.6. The molecular formula is C22H31N5O2. The first-order chi connectivity index (χ1) is 13.6. The molecule has 1 aliphatic heterocycles. The Morgan fingerprint density at radius 1 is 1.21 bits per heavy atom. The molecular weight excluding hydrogens is 366 g/mol. The highest BCUT2D eigenvalue weighted by atomic mass is 16.5. The fraction of sp³-hybridized carbons (Fsp3) is 0.500. The van der Waals surface area contributed by atoms with Gasteiger partial charge in [-0.05, 0) is 51.5 Å². The molecule has 1 unspecified atom stereocenters. The zero-order chi connectivity index (χ0) is 21.2. The standard InChI is InChI=1S/C22H31N5O2/c1-21(2)10-16(11-22(3,4)27-21)29-20-8-7-18(25-26-20)17-6-5-14(9-19(17)28)15(12-23)13-24/h5-9,12,15-16,23,27-28H,10-11,13,24H2,1-4H3. The largest absolute Gasteiger partial charge is 0.507 e. The number of rotatable bonds is 6. The van der Waals surface area contributed by atoms with Gasteiger partial charge < -0.3 is 26.3 Å². The number of nitrogens with two attached hydrogens (primary N) is 1. The van der Waals surface area contributed by atoms with Gasteiger partial charge in [0.05, 0.1) is 5.69 Å². The Hall–Kier alpha value is -2.51. The molecule has 7 heteroatoms. The second-order valence-electron chi connectivity index (χ2n) is 9.08. The minimum absolute atomic E-state index is 0.00874. The maximum absolute atomic E-state index is 10.4. The molecule has 29 heavy (non-hydrogen) atoms. The summed E-state index contributed by atoms with van der Waals surface area (Å²) < 4.78 is 6.11. The van der Waals surface area contributed by atoms with Crippen LogP contribution >= 0.6 is 0 Å². The summed E-state index contributed by atoms with van der Waals surface area (Å²) in [5, 5.41) is 29.9. The smallest absolute Gasteiger partial charge is 0.233 e. The minimum Gasteiger partial charge on any atom is -0.507 e. The van der Waals surface area contributed by atoms with Crippen molar-refractivity contribution >= 4 is 6.21 Å². The van der Waals surface area contributed by atoms with Gasteiger partial charge in [-0.25, -0.2) is 0 Å². The normalized spacial score (nSPS) is 19.5. The summed E-state index contributed by atoms with van der Waals surface area (Å²) in [7, 11) is 0. The molecule has 2 aromatic rings. The van der Waals surface area contributed by atoms with Crippen LogP contribution in [0.2, 0.25) is 0 Å². The Morgan fingerprint density at radius 3 is 2.41 bits per heavy atom. The van der Waals surface area contributed by atoms with Crippen LogP contribution in [0.4, 0.5) is 0 Å². The fourth-order valence-corrected chi connectivity index (χ4v) is 4.31. The molecule has 2 heterocycles. The molecule has 3 rings (SSSR count). The monoisotopic (exact) mass is 397 g/mol. The van der Waals surface area contributed by atoms with Crippen molar-refractivity contribution in [3.8, 4) is 22.9 Å². The summed E-state index contributed by atoms with van der Waals surface area (Å²) in [6.07, 6.45) is 3.11. The summed E-state index contributed by atoms with van der Waals surface area (Å²) in [5.74, 6) is 0.360. The van der Waals surface area contributed by atoms with E-state index in [1.807, 2.05) is 6.07 Å². The third-order valence-electron chi connectivity index (χ3n) is 5.26. The van der Waals surface area contributed by atoms with Crippen molar-refractivity contribution in [3.63, 3.8) is 0 Å². The molecule has 1 atom stereocenters. The highest BCUT2D eigenvalue weighted by Gasteiger charge is 2.38. The lowest BCUT2D eigenvalue weighted by atomic mass is 9.81. The van der Waals surface area contributed by atoms with E-state index in [0.717, 1.165) is 18.4 Å². The minimum atomic E-state index is -0.213. The first kappa shape index (κ1) is 21.2. The van der Waals surface area contributed by atoms with Gasteiger partial charge in [0.25, 0.3) is 0 Å². The number of benzene rings is 1. The SMILES string of the molecule is CC1(C)CC(Oc2ccc(-c3ccc(C(C=N)CN)cc3O)nn2)CC(C)(C)N1. The summed E-state index contributed by atoms with van der Waals surface area (Å²) in [4.78, 5) is 0. The number of nitrogens with zero attached hydrogens (tertiary/aromatic N) is 2. The third-order valence-corrected chi connectivity index (χ3v) is 5.26. The number of hydrogen-bond donors (Lipinski definition) is 4. The van der Waals surface area contributed by atoms with E-state index in [1.165, 1.54) is 6.21 Å². The van der Waals surface area contributed by atoms with Crippen LogP contribution in [0, 0.1) is 5.41 Å². The van der Waals surface area contributed by atoms with Gasteiger partial charge >= 0.3 is 0 Å². The van der Waals surface area contributed by atoms with Crippen LogP contribution < -0.4 is 15.8 Å². The molecule has 1 aromatic carbocycles. The molecule has 0 radical (unpaired) electrons. The lowest BCUT2D eigenvalue weighted by Crippen LogP contribution is -2.60. The third kappa shape index (κ3) is 5.10. The van der Waals surface area contributed by atoms with Gasteiger partial charge in [0, 0.05) is 54.2 Å². The Labute approximate surface area is 172 Å². The maximum Gasteiger partial charge on any atom is 0.233 e. The van der Waals surface area contributed by atoms with E-state index in [1.54, 1.807) is 24.3 Å². The predicted octanol–water partition coefficient (Wildman–Crippen LogP) is 3.23. The quantitative estimate of drug-likeness (QED) is 0.556. The molecule has 1 aromatic heterocycles. The number of piperidine rings is 1. The number of ether oxygens (including phenoxy) is 1. The topological polar surface area (TPSA) is 117 Å². The van der Waals surface area contributed by atoms with Gasteiger partial charge in [0.15, 0.2) is 0 Å². The summed E-state index contributed by atoms with van der Waals surface area (Å²) in [5.41, 5.74) is 7.59. The highest BCUT2D eigenvalue weighted by Crippen LogP contribution is 2.33. The Kier molecular flexibility index (Phi) is 5.91. The van der Waals surface area contributed by atoms with E-state index in [2.05, 4.69) is 43.2 Å². The molecule has 0 amide bonds. The van der Waals surface area contributed by atoms with E-state index >= 15 is 0 Å². The van der Waals surface area contributed by atoms with Crippen LogP contribution in [0.25, 0.3) is 11.3 Å². The first-order valence-electron chi connectivity index (χ1n) is 9.96. The average Bonchev–Trinajstić information content (AvgIpc) is 2.61. The van der Waals surface area contributed by atoms with Crippen LogP contribution in [-0.2, 0) is 0 Å². The summed E-state index contributed by atoms with van der Waals surface area (Å²) in [6.45, 7) is 9.04. The number of nitrogens with one attached hydrogen (secondary N) is 2. The van der Waals surface area contributed by atoms with Crippen molar-refractivity contribution in [2.45, 2.75) is 63.6 Å². The van der Waals surface area contributed by atoms with Gasteiger partial charge in [0.2, 0.25) is 5.88 Å². The average molecular weight is 398 g/mol. The van der Waals surface area contributed by atoms with Gasteiger partial charge in [-0.1, -0.05) is 6.07 Å². The molecule has 0 aliphatic carbocycles. The van der Waals surface area contributed by atoms with Gasteiger partial charge in [0.1, 0.15) is 11.9 Å². The van der Waals surface area contributed by atoms with E-state index in [9.17, 15) is 5.11 Å². The lowest BCUT2D eigenvalue weighted by Gasteiger charge is -2.46. The summed E-state index contributed by atoms with van der Waals surface area (Å²) >= 11 is 0. The van der Waals surface area contributed by atoms with Crippen molar-refractivity contribution in [1.29, 1.82) is 5.41 Å². The van der Waals surface area contributed by atoms with Crippen LogP contribution in [0.5, 0.6) is 11.6 Å². The first-order valence-corrected chi connectivity index (χ1v) is 9.96. The van der Waals surface area contributed by atoms with Crippen molar-refractivity contribution in [1.82, 2.24) is 15.5 Å². The fourth-order valence-electron chi connectivity index (χ4n) is 4.31. The van der Waals surface area contributed by atoms with Crippen LogP contribution in [-0.4, -0.2) is 45.2 Å². The number of aromatic nitrogens is 2. The van der Waals surface area contributed by atoms with Crippen LogP contribution in [0.3, 0.4) is 0 Å². The molecule has 156 valence electrons. The number of phenolic OH excluding ortho intramolecular Hbond substituents is 1. The lowest BCUT2D eigenvalue weighted by molar-refractivity contribution is 0.0524. The van der Waals surface area contributed by atoms with Crippen molar-refractivity contribution in [3.05, 3.63) is 35.9 Å². The van der Waals surface area contributed by atoms with E-state index in [-0.39, 0.29) is 28.8 Å². The molecule has 1 aliphatic rings. The van der Waals surface area contributed by atoms with E-state index < -0.39 is 0 Å². The number of aromatic hydroxyl groups is 1. The second kappa shape index (κ2) is 8.08. The van der Waals surface area contributed by atoms with Gasteiger partial charge in [-0.3, -0.25) is 0 Å². The van der Waals surface area contributed by atoms with Crippen LogP contribution in [0.15, 0.2) is 30.3 Å². The molecule has 0 saturated carbocycles. The Balaban J connectivity index is 1.74. The molecule has 5 N–H and O–H groups in total. The highest BCUT2D eigenvalue weighted by molar-refractivity contribution is 5.70. The van der Waals surface area contributed by atoms with Crippen molar-refractivity contribution in [2.24, 2.45) is 5.73 Å².